The van der Waals surface area contributed by atoms with Crippen LogP contribution in [-0.4, -0.2) is 149 Å². The van der Waals surface area contributed by atoms with Gasteiger partial charge in [0.25, 0.3) is 11.8 Å². The number of ketones is 1. The number of fused-ring (bicyclic) bond motifs is 2. The summed E-state index contributed by atoms with van der Waals surface area (Å²) in [4.78, 5) is 94.9. The fraction of sp³-hybridized carbons (Fsp3) is 0.500. The normalized spacial score (nSPS) is 18.8. The van der Waals surface area contributed by atoms with Gasteiger partial charge in [-0.05, 0) is 149 Å². The largest absolute Gasteiger partial charge is 0.480 e. The molecule has 4 saturated heterocycles. The van der Waals surface area contributed by atoms with Gasteiger partial charge in [-0.1, -0.05) is 40.8 Å². The molecule has 0 aliphatic carbocycles. The number of benzene rings is 2. The van der Waals surface area contributed by atoms with E-state index < -0.39 is 42.5 Å². The summed E-state index contributed by atoms with van der Waals surface area (Å²) in [5.74, 6) is -4.31. The molecule has 4 aliphatic heterocycles. The third kappa shape index (κ3) is 18.2. The number of primary amides is 2. The second-order valence-corrected chi connectivity index (χ2v) is 23.1. The van der Waals surface area contributed by atoms with Crippen LogP contribution in [0.25, 0.3) is 20.4 Å². The van der Waals surface area contributed by atoms with Crippen molar-refractivity contribution < 1.29 is 49.1 Å². The topological polar surface area (TPSA) is 278 Å². The van der Waals surface area contributed by atoms with E-state index in [-0.39, 0.29) is 67.4 Å². The molecule has 2 aromatic carbocycles. The summed E-state index contributed by atoms with van der Waals surface area (Å²) in [5.41, 5.74) is 15.5. The molecule has 4 amide bonds. The third-order valence-electron chi connectivity index (χ3n) is 14.9. The first-order chi connectivity index (χ1) is 39.5. The number of carbonyl (C=O) groups is 6. The summed E-state index contributed by atoms with van der Waals surface area (Å²) in [7, 11) is 1.68. The second-order valence-electron chi connectivity index (χ2n) is 20.8. The van der Waals surface area contributed by atoms with E-state index in [0.29, 0.717) is 12.6 Å². The fourth-order valence-corrected chi connectivity index (χ4v) is 12.4. The zero-order valence-electron chi connectivity index (χ0n) is 47.4. The molecule has 0 spiro atoms. The number of carboxylic acids is 1. The molecule has 23 heteroatoms. The number of methoxy groups -OCH3 is 2. The number of carboxylic acid groups (broad SMARTS) is 1. The van der Waals surface area contributed by atoms with Crippen LogP contribution in [-0.2, 0) is 38.4 Å². The number of pyridine rings is 2. The zero-order valence-corrected chi connectivity index (χ0v) is 48.1. The van der Waals surface area contributed by atoms with E-state index in [1.807, 2.05) is 11.3 Å². The maximum atomic E-state index is 13.4. The molecule has 0 bridgehead atoms. The standard InChI is InChI=1S/C28H34N6O4S.C19H27N3S.C10H10N2O5.CH3F.2CH4/c1-17-5-7-22(18-6-8-23-21(13-18)32-24(39-23)9-12-33-10-3-4-11-33)34(16-17)28(37)26(36)31-19-14-20(25(29)35)27(38-2)30-15-19;1-14-4-6-16(20-13-14)15-5-7-18-17(12-15)21-19(23-18)8-11-22-9-2-3-10-22;1-17-9-6(8(11)14)2-5(4-12-9)3-7(13)10(15)16;1-2;;/h6,8,13-15,17,22H,3-5,7,9-12,16H2,1-2H3,(H2,29,35)(H,31,36);5,7,12,14,16,20H,2-4,6,8-11,13H2,1H3;2,4H,3H2,1H3,(H2,11,14)(H,15,16);1H3;2*1H4/t17-,22+;14-,16+;;;;/m00..../s1/i;;;1D;;. The Hall–Kier alpha value is -7.05. The number of anilines is 1. The molecular formula is C60H82FN11O9S2. The van der Waals surface area contributed by atoms with E-state index in [9.17, 15) is 33.2 Å². The van der Waals surface area contributed by atoms with Gasteiger partial charge in [0.15, 0.2) is 0 Å². The number of halogens is 1. The predicted molar refractivity (Wildman–Crippen MR) is 324 cm³/mol. The molecule has 4 atom stereocenters. The monoisotopic (exact) mass is 1180 g/mol. The first-order valence-corrected chi connectivity index (χ1v) is 29.0. The number of amides is 4. The molecule has 4 aromatic heterocycles. The fourth-order valence-electron chi connectivity index (χ4n) is 10.5. The number of alkyl halides is 1. The Morgan fingerprint density at radius 3 is 1.78 bits per heavy atom. The first kappa shape index (κ1) is 65.1. The van der Waals surface area contributed by atoms with Crippen LogP contribution in [0.2, 0.25) is 0 Å². The van der Waals surface area contributed by atoms with E-state index in [2.05, 4.69) is 80.6 Å². The molecule has 4 fully saturated rings. The molecular weight excluding hydrogens is 1100 g/mol. The number of rotatable bonds is 16. The number of carbonyl (C=O) groups excluding carboxylic acids is 5. The minimum absolute atomic E-state index is 0. The number of hydrogen-bond donors (Lipinski definition) is 5. The number of nitrogens with zero attached hydrogens (tertiary/aromatic N) is 7. The Morgan fingerprint density at radius 2 is 1.27 bits per heavy atom. The van der Waals surface area contributed by atoms with Gasteiger partial charge < -0.3 is 51.4 Å². The van der Waals surface area contributed by atoms with Crippen LogP contribution in [0.3, 0.4) is 0 Å². The van der Waals surface area contributed by atoms with Gasteiger partial charge in [-0.3, -0.25) is 28.4 Å². The summed E-state index contributed by atoms with van der Waals surface area (Å²) in [6.45, 7) is 13.1. The number of aromatic nitrogens is 4. The number of nitrogens with one attached hydrogen (secondary N) is 2. The van der Waals surface area contributed by atoms with Crippen LogP contribution < -0.4 is 31.6 Å². The quantitative estimate of drug-likeness (QED) is 0.0567. The average Bonchev–Trinajstić information content (AvgIpc) is 2.77. The summed E-state index contributed by atoms with van der Waals surface area (Å²) in [6.07, 6.45) is 13.9. The zero-order chi connectivity index (χ0) is 58.9. The van der Waals surface area contributed by atoms with E-state index in [4.69, 9.17) is 37.4 Å². The number of nitrogens with two attached hydrogens (primary N) is 2. The average molecular weight is 1190 g/mol. The highest BCUT2D eigenvalue weighted by atomic mass is 32.1. The van der Waals surface area contributed by atoms with Crippen LogP contribution in [0.15, 0.2) is 60.9 Å². The number of likely N-dealkylation sites (tertiary alicyclic amines) is 3. The van der Waals surface area contributed by atoms with Crippen molar-refractivity contribution in [3.8, 4) is 11.8 Å². The molecule has 450 valence electrons. The molecule has 0 unspecified atom stereocenters. The molecule has 0 saturated carbocycles. The van der Waals surface area contributed by atoms with Crippen molar-refractivity contribution in [3.63, 3.8) is 0 Å². The van der Waals surface area contributed by atoms with Gasteiger partial charge in [0.2, 0.25) is 17.5 Å². The molecule has 4 aliphatic rings. The van der Waals surface area contributed by atoms with Crippen LogP contribution in [0.4, 0.5) is 10.1 Å². The van der Waals surface area contributed by atoms with Crippen molar-refractivity contribution in [2.45, 2.75) is 111 Å². The minimum Gasteiger partial charge on any atom is -0.480 e. The Labute approximate surface area is 495 Å². The summed E-state index contributed by atoms with van der Waals surface area (Å²) < 4.78 is 27.8. The molecule has 20 nitrogen and oxygen atoms in total. The second kappa shape index (κ2) is 32.1. The lowest BCUT2D eigenvalue weighted by Gasteiger charge is -2.38. The number of piperidine rings is 2. The van der Waals surface area contributed by atoms with Gasteiger partial charge >= 0.3 is 17.8 Å². The lowest BCUT2D eigenvalue weighted by atomic mass is 9.89. The number of aliphatic carboxylic acids is 1. The van der Waals surface area contributed by atoms with Crippen molar-refractivity contribution in [1.29, 1.82) is 0 Å². The van der Waals surface area contributed by atoms with Gasteiger partial charge in [-0.25, -0.2) is 24.7 Å². The Morgan fingerprint density at radius 1 is 0.747 bits per heavy atom. The van der Waals surface area contributed by atoms with Gasteiger partial charge in [0.05, 0.1) is 71.1 Å². The highest BCUT2D eigenvalue weighted by Gasteiger charge is 2.35. The van der Waals surface area contributed by atoms with Crippen molar-refractivity contribution in [1.82, 2.24) is 40.0 Å². The smallest absolute Gasteiger partial charge is 0.372 e. The third-order valence-corrected chi connectivity index (χ3v) is 17.0. The summed E-state index contributed by atoms with van der Waals surface area (Å²) in [5, 5.41) is 17.1. The highest BCUT2D eigenvalue weighted by Crippen LogP contribution is 2.36. The number of thiazole rings is 2. The van der Waals surface area contributed by atoms with Gasteiger partial charge in [-0.2, -0.15) is 0 Å². The van der Waals surface area contributed by atoms with Gasteiger partial charge in [-0.15, -0.1) is 22.7 Å². The van der Waals surface area contributed by atoms with Crippen LogP contribution >= 0.6 is 22.7 Å². The molecule has 7 N–H and O–H groups in total. The van der Waals surface area contributed by atoms with E-state index in [1.165, 1.54) is 131 Å². The molecule has 10 rings (SSSR count). The Bertz CT molecular complexity index is 3180. The predicted octanol–water partition coefficient (Wildman–Crippen LogP) is 8.61. The maximum Gasteiger partial charge on any atom is 0.372 e. The van der Waals surface area contributed by atoms with Gasteiger partial charge in [0, 0.05) is 51.1 Å². The summed E-state index contributed by atoms with van der Waals surface area (Å²) in [6, 6.07) is 16.0. The van der Waals surface area contributed by atoms with Crippen molar-refractivity contribution in [2.24, 2.45) is 23.3 Å². The van der Waals surface area contributed by atoms with Crippen molar-refractivity contribution >= 4 is 84.2 Å². The number of ether oxygens (including phenoxy) is 2. The summed E-state index contributed by atoms with van der Waals surface area (Å²) >= 11 is 3.60. The molecule has 8 heterocycles. The van der Waals surface area contributed by atoms with Crippen LogP contribution in [0, 0.1) is 11.8 Å². The Kier molecular flexibility index (Phi) is 25.2. The lowest BCUT2D eigenvalue weighted by molar-refractivity contribution is -0.148. The van der Waals surface area contributed by atoms with E-state index in [1.54, 1.807) is 16.2 Å². The van der Waals surface area contributed by atoms with Crippen molar-refractivity contribution in [3.05, 3.63) is 98.8 Å². The lowest BCUT2D eigenvalue weighted by Crippen LogP contribution is -2.46. The number of hydrogen-bond acceptors (Lipinski definition) is 17. The van der Waals surface area contributed by atoms with Crippen LogP contribution in [0.1, 0.15) is 141 Å². The minimum atomic E-state index is -1.54. The molecule has 0 radical (unpaired) electrons. The first-order valence-electron chi connectivity index (χ1n) is 28.0. The molecule has 6 aromatic rings. The highest BCUT2D eigenvalue weighted by molar-refractivity contribution is 7.18. The molecule has 83 heavy (non-hydrogen) atoms. The van der Waals surface area contributed by atoms with E-state index in [0.717, 1.165) is 65.5 Å². The maximum absolute atomic E-state index is 13.4. The SMILES string of the molecule is C.C.COc1ncc(CC(=O)C(=O)O)cc1C(N)=O.COc1ncc(NC(=O)C(=O)N2C[C@@H](C)CC[C@@H]2c2ccc3sc(CCN4CCCC4)nc3c2)cc1C(N)=O.C[C@H]1CC[C@H](c2ccc3sc(CCN4CCCC4)nc3c2)NC1.[2H]CF. The van der Waals surface area contributed by atoms with Crippen molar-refractivity contribution in [2.75, 3.05) is 79.0 Å². The van der Waals surface area contributed by atoms with E-state index >= 15 is 0 Å². The van der Waals surface area contributed by atoms with Crippen LogP contribution in [0.5, 0.6) is 11.8 Å². The van der Waals surface area contributed by atoms with Gasteiger partial charge in [0.1, 0.15) is 11.1 Å². The number of Topliss-reactive ketones (excluding diaryl/α,β-unsaturated/α-hetero) is 1. The Balaban J connectivity index is 0.000000243.